The van der Waals surface area contributed by atoms with Crippen molar-refractivity contribution in [2.24, 2.45) is 0 Å². The van der Waals surface area contributed by atoms with Crippen molar-refractivity contribution in [2.75, 3.05) is 7.11 Å². The second kappa shape index (κ2) is 3.77. The topological polar surface area (TPSA) is 37.9 Å². The molecule has 0 fully saturated rings. The summed E-state index contributed by atoms with van der Waals surface area (Å²) in [5.74, 6) is 0.505. The van der Waals surface area contributed by atoms with Crippen LogP contribution in [0, 0.1) is 0 Å². The van der Waals surface area contributed by atoms with E-state index in [2.05, 4.69) is 26.1 Å². The second-order valence-electron chi connectivity index (χ2n) is 2.91. The minimum absolute atomic E-state index is 0.198. The first-order valence-electron chi connectivity index (χ1n) is 4.13. The Morgan fingerprint density at radius 3 is 2.80 bits per heavy atom. The Balaban J connectivity index is 2.76. The lowest BCUT2D eigenvalue weighted by molar-refractivity contribution is 0.147. The smallest absolute Gasteiger partial charge is 0.280 e. The average molecular weight is 277 g/mol. The van der Waals surface area contributed by atoms with E-state index in [4.69, 9.17) is 4.74 Å². The summed E-state index contributed by atoms with van der Waals surface area (Å²) in [6, 6.07) is 3.30. The molecule has 2 aromatic rings. The van der Waals surface area contributed by atoms with Gasteiger partial charge in [-0.2, -0.15) is 5.10 Å². The summed E-state index contributed by atoms with van der Waals surface area (Å²) in [6.07, 6.45) is -2.58. The van der Waals surface area contributed by atoms with E-state index in [1.807, 2.05) is 0 Å². The number of H-pyrrole nitrogens is 1. The molecule has 15 heavy (non-hydrogen) atoms. The van der Waals surface area contributed by atoms with Gasteiger partial charge < -0.3 is 4.74 Å². The van der Waals surface area contributed by atoms with Crippen LogP contribution in [-0.2, 0) is 0 Å². The molecule has 1 aromatic carbocycles. The van der Waals surface area contributed by atoms with Crippen LogP contribution in [0.25, 0.3) is 10.9 Å². The fourth-order valence-electron chi connectivity index (χ4n) is 1.39. The normalized spacial score (nSPS) is 11.3. The Morgan fingerprint density at radius 1 is 1.47 bits per heavy atom. The molecule has 80 valence electrons. The summed E-state index contributed by atoms with van der Waals surface area (Å²) < 4.78 is 30.7. The number of nitrogens with one attached hydrogen (secondary N) is 1. The van der Waals surface area contributed by atoms with E-state index in [0.29, 0.717) is 21.1 Å². The molecule has 0 aliphatic heterocycles. The molecular weight excluding hydrogens is 270 g/mol. The molecule has 0 aliphatic carbocycles. The average Bonchev–Trinajstić information content (AvgIpc) is 2.63. The third-order valence-corrected chi connectivity index (χ3v) is 2.88. The molecule has 0 saturated heterocycles. The van der Waals surface area contributed by atoms with Crippen molar-refractivity contribution in [3.05, 3.63) is 22.3 Å². The number of hydrogen-bond acceptors (Lipinski definition) is 2. The lowest BCUT2D eigenvalue weighted by Gasteiger charge is -2.04. The lowest BCUT2D eigenvalue weighted by atomic mass is 10.2. The van der Waals surface area contributed by atoms with Gasteiger partial charge in [0.2, 0.25) is 0 Å². The van der Waals surface area contributed by atoms with Crippen LogP contribution in [0.15, 0.2) is 16.6 Å². The van der Waals surface area contributed by atoms with Gasteiger partial charge in [0.05, 0.1) is 17.1 Å². The lowest BCUT2D eigenvalue weighted by Crippen LogP contribution is -1.88. The minimum Gasteiger partial charge on any atom is -0.496 e. The zero-order valence-electron chi connectivity index (χ0n) is 7.72. The fraction of sp³-hybridized carbons (Fsp3) is 0.222. The minimum atomic E-state index is -2.58. The number of ether oxygens (including phenoxy) is 1. The first-order valence-corrected chi connectivity index (χ1v) is 4.93. The number of hydrogen-bond donors (Lipinski definition) is 1. The largest absolute Gasteiger partial charge is 0.496 e. The number of alkyl halides is 2. The highest BCUT2D eigenvalue weighted by Gasteiger charge is 2.18. The molecule has 6 heteroatoms. The van der Waals surface area contributed by atoms with E-state index < -0.39 is 6.43 Å². The molecule has 0 radical (unpaired) electrons. The molecule has 1 heterocycles. The molecule has 3 nitrogen and oxygen atoms in total. The van der Waals surface area contributed by atoms with Crippen LogP contribution in [0.5, 0.6) is 5.75 Å². The molecule has 0 spiro atoms. The Hall–Kier alpha value is -1.17. The third kappa shape index (κ3) is 1.58. The van der Waals surface area contributed by atoms with Crippen LogP contribution in [0.1, 0.15) is 12.1 Å². The fourth-order valence-corrected chi connectivity index (χ4v) is 2.10. The van der Waals surface area contributed by atoms with Crippen LogP contribution in [-0.4, -0.2) is 17.3 Å². The summed E-state index contributed by atoms with van der Waals surface area (Å²) in [6.45, 7) is 0. The Labute approximate surface area is 92.6 Å². The SMILES string of the molecule is COc1ccc2n[nH]c(C(F)F)c2c1Br. The van der Waals surface area contributed by atoms with E-state index in [9.17, 15) is 8.78 Å². The summed E-state index contributed by atoms with van der Waals surface area (Å²) in [5.41, 5.74) is 0.286. The van der Waals surface area contributed by atoms with Crippen LogP contribution in [0.4, 0.5) is 8.78 Å². The van der Waals surface area contributed by atoms with Gasteiger partial charge in [0.1, 0.15) is 11.4 Å². The van der Waals surface area contributed by atoms with Crippen LogP contribution < -0.4 is 4.74 Å². The maximum atomic E-state index is 12.6. The van der Waals surface area contributed by atoms with Gasteiger partial charge in [-0.15, -0.1) is 0 Å². The molecule has 1 aromatic heterocycles. The van der Waals surface area contributed by atoms with Crippen LogP contribution in [0.2, 0.25) is 0 Å². The van der Waals surface area contributed by atoms with Crippen LogP contribution >= 0.6 is 15.9 Å². The van der Waals surface area contributed by atoms with E-state index in [1.165, 1.54) is 7.11 Å². The van der Waals surface area contributed by atoms with Crippen molar-refractivity contribution >= 4 is 26.8 Å². The maximum absolute atomic E-state index is 12.6. The van der Waals surface area contributed by atoms with Crippen molar-refractivity contribution in [1.29, 1.82) is 0 Å². The van der Waals surface area contributed by atoms with Gasteiger partial charge in [-0.1, -0.05) is 0 Å². The monoisotopic (exact) mass is 276 g/mol. The highest BCUT2D eigenvalue weighted by atomic mass is 79.9. The number of rotatable bonds is 2. The summed E-state index contributed by atoms with van der Waals surface area (Å²) in [4.78, 5) is 0. The molecule has 1 N–H and O–H groups in total. The van der Waals surface area contributed by atoms with Gasteiger partial charge in [-0.25, -0.2) is 8.78 Å². The second-order valence-corrected chi connectivity index (χ2v) is 3.71. The van der Waals surface area contributed by atoms with Gasteiger partial charge in [0.25, 0.3) is 6.43 Å². The molecule has 0 atom stereocenters. The predicted octanol–water partition coefficient (Wildman–Crippen LogP) is 3.27. The van der Waals surface area contributed by atoms with Gasteiger partial charge in [-0.05, 0) is 28.1 Å². The Bertz CT molecular complexity index is 498. The number of methoxy groups -OCH3 is 1. The third-order valence-electron chi connectivity index (χ3n) is 2.09. The van der Waals surface area contributed by atoms with E-state index >= 15 is 0 Å². The highest BCUT2D eigenvalue weighted by molar-refractivity contribution is 9.10. The van der Waals surface area contributed by atoms with Crippen molar-refractivity contribution in [3.63, 3.8) is 0 Å². The molecule has 0 unspecified atom stereocenters. The molecular formula is C9H7BrF2N2O. The molecule has 2 rings (SSSR count). The number of benzene rings is 1. The standard InChI is InChI=1S/C9H7BrF2N2O/c1-15-5-3-2-4-6(7(5)10)8(9(11)12)14-13-4/h2-3,9H,1H3,(H,13,14). The summed E-state index contributed by atoms with van der Waals surface area (Å²) in [7, 11) is 1.48. The van der Waals surface area contributed by atoms with Crippen molar-refractivity contribution < 1.29 is 13.5 Å². The number of aromatic amines is 1. The summed E-state index contributed by atoms with van der Waals surface area (Å²) in [5, 5.41) is 6.47. The first kappa shape index (κ1) is 10.4. The zero-order valence-corrected chi connectivity index (χ0v) is 9.31. The van der Waals surface area contributed by atoms with E-state index in [1.54, 1.807) is 12.1 Å². The van der Waals surface area contributed by atoms with Gasteiger partial charge in [0.15, 0.2) is 0 Å². The van der Waals surface area contributed by atoms with Gasteiger partial charge >= 0.3 is 0 Å². The molecule has 0 saturated carbocycles. The zero-order chi connectivity index (χ0) is 11.0. The Morgan fingerprint density at radius 2 is 2.20 bits per heavy atom. The van der Waals surface area contributed by atoms with E-state index in [-0.39, 0.29) is 5.69 Å². The Kier molecular flexibility index (Phi) is 2.60. The quantitative estimate of drug-likeness (QED) is 0.914. The summed E-state index contributed by atoms with van der Waals surface area (Å²) >= 11 is 3.22. The van der Waals surface area contributed by atoms with Crippen molar-refractivity contribution in [3.8, 4) is 5.75 Å². The highest BCUT2D eigenvalue weighted by Crippen LogP contribution is 2.36. The van der Waals surface area contributed by atoms with Crippen LogP contribution in [0.3, 0.4) is 0 Å². The van der Waals surface area contributed by atoms with Crippen molar-refractivity contribution in [2.45, 2.75) is 6.43 Å². The number of fused-ring (bicyclic) bond motifs is 1. The molecule has 0 aliphatic rings. The van der Waals surface area contributed by atoms with E-state index in [0.717, 1.165) is 0 Å². The first-order chi connectivity index (χ1) is 7.15. The number of halogens is 3. The maximum Gasteiger partial charge on any atom is 0.280 e. The predicted molar refractivity (Wildman–Crippen MR) is 55.3 cm³/mol. The molecule has 0 amide bonds. The van der Waals surface area contributed by atoms with Gasteiger partial charge in [0, 0.05) is 5.39 Å². The number of nitrogens with zero attached hydrogens (tertiary/aromatic N) is 1. The van der Waals surface area contributed by atoms with Crippen molar-refractivity contribution in [1.82, 2.24) is 10.2 Å². The number of aromatic nitrogens is 2. The molecule has 0 bridgehead atoms. The van der Waals surface area contributed by atoms with Gasteiger partial charge in [-0.3, -0.25) is 5.10 Å².